The quantitative estimate of drug-likeness (QED) is 0.154. The van der Waals surface area contributed by atoms with E-state index in [1.807, 2.05) is 97.6 Å². The van der Waals surface area contributed by atoms with Crippen LogP contribution in [0.2, 0.25) is 0 Å². The summed E-state index contributed by atoms with van der Waals surface area (Å²) in [6.45, 7) is 3.52. The molecule has 0 atom stereocenters. The first-order valence-corrected chi connectivity index (χ1v) is 16.1. The maximum atomic E-state index is 11.9. The molecule has 1 aliphatic rings. The fourth-order valence-corrected chi connectivity index (χ4v) is 6.03. The highest BCUT2D eigenvalue weighted by atomic mass is 16.3. The first kappa shape index (κ1) is 31.1. The van der Waals surface area contributed by atoms with Gasteiger partial charge in [0.1, 0.15) is 5.75 Å². The number of phenols is 1. The van der Waals surface area contributed by atoms with Crippen LogP contribution in [0, 0.1) is 17.8 Å². The van der Waals surface area contributed by atoms with Crippen LogP contribution < -0.4 is 0 Å². The van der Waals surface area contributed by atoms with Gasteiger partial charge in [-0.15, -0.1) is 0 Å². The molecule has 7 heteroatoms. The lowest BCUT2D eigenvalue weighted by atomic mass is 10.0. The molecular weight excluding hydrogens is 568 g/mol. The van der Waals surface area contributed by atoms with Gasteiger partial charge in [-0.05, 0) is 73.5 Å². The Bertz CT molecular complexity index is 1520. The molecule has 0 spiro atoms. The summed E-state index contributed by atoms with van der Waals surface area (Å²) in [7, 11) is 0. The second-order valence-electron chi connectivity index (χ2n) is 12.0. The third-order valence-corrected chi connectivity index (χ3v) is 8.28. The molecule has 6 rings (SSSR count). The van der Waals surface area contributed by atoms with E-state index < -0.39 is 0 Å². The summed E-state index contributed by atoms with van der Waals surface area (Å²) in [6.07, 6.45) is 12.1. The Morgan fingerprint density at radius 2 is 0.957 bits per heavy atom. The van der Waals surface area contributed by atoms with Gasteiger partial charge in [-0.25, -0.2) is 0 Å². The lowest BCUT2D eigenvalue weighted by Gasteiger charge is -2.25. The van der Waals surface area contributed by atoms with E-state index in [1.165, 1.54) is 12.8 Å². The summed E-state index contributed by atoms with van der Waals surface area (Å²) < 4.78 is 0. The monoisotopic (exact) mass is 608 g/mol. The van der Waals surface area contributed by atoms with Crippen molar-refractivity contribution in [2.75, 3.05) is 0 Å². The van der Waals surface area contributed by atoms with Gasteiger partial charge in [0.15, 0.2) is 0 Å². The summed E-state index contributed by atoms with van der Waals surface area (Å²) >= 11 is 0. The summed E-state index contributed by atoms with van der Waals surface area (Å²) in [4.78, 5) is 22.9. The van der Waals surface area contributed by atoms with E-state index in [9.17, 15) is 5.11 Å². The molecule has 232 valence electrons. The van der Waals surface area contributed by atoms with Crippen LogP contribution >= 0.6 is 0 Å². The Balaban J connectivity index is 1.34. The number of rotatable bonds is 12. The molecule has 7 nitrogen and oxygen atoms in total. The maximum absolute atomic E-state index is 11.9. The molecule has 1 saturated carbocycles. The van der Waals surface area contributed by atoms with Gasteiger partial charge in [-0.3, -0.25) is 29.7 Å². The lowest BCUT2D eigenvalue weighted by molar-refractivity contribution is 0.231. The Labute approximate surface area is 272 Å². The van der Waals surface area contributed by atoms with E-state index in [-0.39, 0.29) is 0 Å². The molecule has 1 N–H and O–H groups in total. The third-order valence-electron chi connectivity index (χ3n) is 8.28. The van der Waals surface area contributed by atoms with Gasteiger partial charge < -0.3 is 5.11 Å². The van der Waals surface area contributed by atoms with E-state index >= 15 is 0 Å². The van der Waals surface area contributed by atoms with Crippen molar-refractivity contribution in [3.05, 3.63) is 149 Å². The van der Waals surface area contributed by atoms with Crippen molar-refractivity contribution in [1.82, 2.24) is 29.7 Å². The number of nitrogens with zero attached hydrogens (tertiary/aromatic N) is 6. The van der Waals surface area contributed by atoms with Crippen LogP contribution in [0.3, 0.4) is 0 Å². The van der Waals surface area contributed by atoms with Gasteiger partial charge in [-0.1, -0.05) is 48.9 Å². The molecule has 0 unspecified atom stereocenters. The number of phenolic OH excluding ortho intramolecular Hbond substituents is 1. The maximum Gasteiger partial charge on any atom is 0.124 e. The van der Waals surface area contributed by atoms with Gasteiger partial charge in [0.05, 0.1) is 22.8 Å². The number of hydrogen-bond donors (Lipinski definition) is 1. The van der Waals surface area contributed by atoms with Crippen molar-refractivity contribution in [3.8, 4) is 17.6 Å². The second-order valence-corrected chi connectivity index (χ2v) is 12.0. The van der Waals surface area contributed by atoms with Crippen molar-refractivity contribution in [2.24, 2.45) is 5.92 Å². The molecular formula is C39H40N6O. The minimum atomic E-state index is 0.297. The number of hydrogen-bond acceptors (Lipinski definition) is 7. The average molecular weight is 609 g/mol. The Hall–Kier alpha value is -4.90. The van der Waals surface area contributed by atoms with Crippen LogP contribution in [0.4, 0.5) is 0 Å². The van der Waals surface area contributed by atoms with Crippen LogP contribution in [0.1, 0.15) is 65.1 Å². The van der Waals surface area contributed by atoms with Crippen molar-refractivity contribution in [3.63, 3.8) is 0 Å². The minimum Gasteiger partial charge on any atom is -0.507 e. The highest BCUT2D eigenvalue weighted by Crippen LogP contribution is 2.30. The zero-order chi connectivity index (χ0) is 31.4. The summed E-state index contributed by atoms with van der Waals surface area (Å²) in [5.74, 6) is 7.77. The fraction of sp³-hybridized carbons (Fsp3) is 0.282. The summed E-state index contributed by atoms with van der Waals surface area (Å²) in [6, 6.07) is 28.0. The van der Waals surface area contributed by atoms with Crippen molar-refractivity contribution in [2.45, 2.75) is 65.0 Å². The molecule has 5 aromatic rings. The number of aromatic hydroxyl groups is 1. The third kappa shape index (κ3) is 9.07. The first-order chi connectivity index (χ1) is 22.7. The molecule has 4 aromatic heterocycles. The normalized spacial score (nSPS) is 13.2. The van der Waals surface area contributed by atoms with Crippen LogP contribution in [0.5, 0.6) is 5.75 Å². The average Bonchev–Trinajstić information content (AvgIpc) is 3.61. The van der Waals surface area contributed by atoms with Crippen LogP contribution in [-0.2, 0) is 39.3 Å². The van der Waals surface area contributed by atoms with E-state index in [0.29, 0.717) is 50.9 Å². The van der Waals surface area contributed by atoms with Gasteiger partial charge in [0.25, 0.3) is 0 Å². The zero-order valence-corrected chi connectivity index (χ0v) is 26.2. The fourth-order valence-electron chi connectivity index (χ4n) is 6.03. The predicted octanol–water partition coefficient (Wildman–Crippen LogP) is 6.92. The molecule has 1 aliphatic carbocycles. The van der Waals surface area contributed by atoms with E-state index in [1.54, 1.807) is 0 Å². The molecule has 0 amide bonds. The van der Waals surface area contributed by atoms with E-state index in [4.69, 9.17) is 0 Å². The van der Waals surface area contributed by atoms with E-state index in [0.717, 1.165) is 52.3 Å². The SMILES string of the molecule is Oc1c(CN(Cc2ccccn2)Cc2ccccn2)cc(C#CC2CCCC2)cc1CN(Cc1ccccn1)Cc1ccccn1. The van der Waals surface area contributed by atoms with Crippen molar-refractivity contribution in [1.29, 1.82) is 0 Å². The highest BCUT2D eigenvalue weighted by molar-refractivity contribution is 5.49. The Morgan fingerprint density at radius 3 is 1.30 bits per heavy atom. The number of benzene rings is 1. The van der Waals surface area contributed by atoms with Gasteiger partial charge in [-0.2, -0.15) is 0 Å². The lowest BCUT2D eigenvalue weighted by Crippen LogP contribution is -2.25. The van der Waals surface area contributed by atoms with Gasteiger partial charge in [0, 0.05) is 86.7 Å². The summed E-state index contributed by atoms with van der Waals surface area (Å²) in [5, 5.41) is 11.9. The van der Waals surface area contributed by atoms with Crippen LogP contribution in [0.25, 0.3) is 0 Å². The molecule has 1 aromatic carbocycles. The molecule has 46 heavy (non-hydrogen) atoms. The molecule has 0 radical (unpaired) electrons. The highest BCUT2D eigenvalue weighted by Gasteiger charge is 2.19. The molecule has 0 bridgehead atoms. The van der Waals surface area contributed by atoms with Gasteiger partial charge in [0.2, 0.25) is 0 Å². The smallest absolute Gasteiger partial charge is 0.124 e. The number of aromatic nitrogens is 4. The predicted molar refractivity (Wildman–Crippen MR) is 180 cm³/mol. The van der Waals surface area contributed by atoms with Crippen molar-refractivity contribution < 1.29 is 5.11 Å². The minimum absolute atomic E-state index is 0.297. The molecule has 0 saturated heterocycles. The number of pyridine rings is 4. The van der Waals surface area contributed by atoms with E-state index in [2.05, 4.69) is 53.7 Å². The first-order valence-electron chi connectivity index (χ1n) is 16.1. The Kier molecular flexibility index (Phi) is 10.7. The van der Waals surface area contributed by atoms with Crippen molar-refractivity contribution >= 4 is 0 Å². The molecule has 0 aliphatic heterocycles. The topological polar surface area (TPSA) is 78.3 Å². The molecule has 1 fully saturated rings. The standard InChI is InChI=1S/C39H40N6O/c46-39-33(25-44(27-35-13-3-7-19-40-35)28-36-14-4-8-20-41-36)23-32(18-17-31-11-1-2-12-31)24-34(39)26-45(29-37-15-5-9-21-42-37)30-38-16-6-10-22-43-38/h3-10,13-16,19-24,31,46H,1-2,11-12,25-30H2. The van der Waals surface area contributed by atoms with Gasteiger partial charge >= 0.3 is 0 Å². The second kappa shape index (κ2) is 15.9. The largest absolute Gasteiger partial charge is 0.507 e. The van der Waals surface area contributed by atoms with Crippen LogP contribution in [0.15, 0.2) is 110 Å². The molecule has 4 heterocycles. The van der Waals surface area contributed by atoms with Crippen LogP contribution in [-0.4, -0.2) is 34.8 Å². The zero-order valence-electron chi connectivity index (χ0n) is 26.2. The summed E-state index contributed by atoms with van der Waals surface area (Å²) in [5.41, 5.74) is 6.48. The Morgan fingerprint density at radius 1 is 0.565 bits per heavy atom.